The number of aryl methyl sites for hydroxylation is 1. The summed E-state index contributed by atoms with van der Waals surface area (Å²) in [7, 11) is 0. The SMILES string of the molecule is CCc1cccc(SC(F)F)c1. The van der Waals surface area contributed by atoms with Crippen molar-refractivity contribution in [2.24, 2.45) is 0 Å². The molecule has 0 radical (unpaired) electrons. The zero-order valence-corrected chi connectivity index (χ0v) is 7.57. The Morgan fingerprint density at radius 1 is 1.42 bits per heavy atom. The predicted octanol–water partition coefficient (Wildman–Crippen LogP) is 3.56. The second-order valence-electron chi connectivity index (χ2n) is 2.38. The first kappa shape index (κ1) is 9.52. The number of benzene rings is 1. The van der Waals surface area contributed by atoms with E-state index in [9.17, 15) is 8.78 Å². The van der Waals surface area contributed by atoms with Gasteiger partial charge in [-0.05, 0) is 24.1 Å². The first-order valence-electron chi connectivity index (χ1n) is 3.76. The van der Waals surface area contributed by atoms with Gasteiger partial charge in [-0.25, -0.2) is 0 Å². The maximum Gasteiger partial charge on any atom is 0.288 e. The Balaban J connectivity index is 2.72. The lowest BCUT2D eigenvalue weighted by molar-refractivity contribution is 0.252. The summed E-state index contributed by atoms with van der Waals surface area (Å²) >= 11 is 0.595. The largest absolute Gasteiger partial charge is 0.288 e. The summed E-state index contributed by atoms with van der Waals surface area (Å²) in [6.07, 6.45) is 0.887. The number of hydrogen-bond donors (Lipinski definition) is 0. The topological polar surface area (TPSA) is 0 Å². The monoisotopic (exact) mass is 188 g/mol. The van der Waals surface area contributed by atoms with Gasteiger partial charge in [-0.1, -0.05) is 30.8 Å². The quantitative estimate of drug-likeness (QED) is 0.653. The molecule has 0 aliphatic carbocycles. The van der Waals surface area contributed by atoms with Gasteiger partial charge in [0.2, 0.25) is 0 Å². The molecular formula is C9H10F2S. The number of rotatable bonds is 3. The average molecular weight is 188 g/mol. The van der Waals surface area contributed by atoms with Gasteiger partial charge < -0.3 is 0 Å². The van der Waals surface area contributed by atoms with Gasteiger partial charge in [0.15, 0.2) is 0 Å². The fourth-order valence-electron chi connectivity index (χ4n) is 0.942. The van der Waals surface area contributed by atoms with Crippen LogP contribution in [0.15, 0.2) is 29.2 Å². The van der Waals surface area contributed by atoms with E-state index < -0.39 is 5.76 Å². The molecule has 0 N–H and O–H groups in total. The number of thioether (sulfide) groups is 1. The summed E-state index contributed by atoms with van der Waals surface area (Å²) in [5.41, 5.74) is 1.10. The summed E-state index contributed by atoms with van der Waals surface area (Å²) in [6.45, 7) is 2.01. The van der Waals surface area contributed by atoms with E-state index in [1.807, 2.05) is 19.1 Å². The summed E-state index contributed by atoms with van der Waals surface area (Å²) in [4.78, 5) is 0.643. The van der Waals surface area contributed by atoms with E-state index in [1.54, 1.807) is 12.1 Å². The van der Waals surface area contributed by atoms with Crippen LogP contribution in [0.3, 0.4) is 0 Å². The highest BCUT2D eigenvalue weighted by Crippen LogP contribution is 2.25. The van der Waals surface area contributed by atoms with E-state index in [0.717, 1.165) is 12.0 Å². The molecule has 66 valence electrons. The van der Waals surface area contributed by atoms with Crippen LogP contribution in [0.1, 0.15) is 12.5 Å². The van der Waals surface area contributed by atoms with Crippen LogP contribution in [0.5, 0.6) is 0 Å². The molecule has 0 saturated heterocycles. The fourth-order valence-corrected chi connectivity index (χ4v) is 1.52. The van der Waals surface area contributed by atoms with Crippen LogP contribution in [-0.4, -0.2) is 5.76 Å². The third-order valence-corrected chi connectivity index (χ3v) is 2.24. The van der Waals surface area contributed by atoms with Crippen molar-refractivity contribution in [3.05, 3.63) is 29.8 Å². The van der Waals surface area contributed by atoms with Gasteiger partial charge in [-0.15, -0.1) is 0 Å². The molecule has 0 spiro atoms. The van der Waals surface area contributed by atoms with Crippen LogP contribution in [0.2, 0.25) is 0 Å². The van der Waals surface area contributed by atoms with Gasteiger partial charge in [-0.2, -0.15) is 8.78 Å². The third-order valence-electron chi connectivity index (χ3n) is 1.53. The van der Waals surface area contributed by atoms with Crippen LogP contribution in [-0.2, 0) is 6.42 Å². The molecule has 12 heavy (non-hydrogen) atoms. The van der Waals surface area contributed by atoms with Crippen molar-refractivity contribution >= 4 is 11.8 Å². The van der Waals surface area contributed by atoms with E-state index in [1.165, 1.54) is 0 Å². The standard InChI is InChI=1S/C9H10F2S/c1-2-7-4-3-5-8(6-7)12-9(10)11/h3-6,9H,2H2,1H3. The van der Waals surface area contributed by atoms with E-state index in [0.29, 0.717) is 16.7 Å². The van der Waals surface area contributed by atoms with Gasteiger partial charge >= 0.3 is 0 Å². The van der Waals surface area contributed by atoms with Crippen molar-refractivity contribution in [3.8, 4) is 0 Å². The summed E-state index contributed by atoms with van der Waals surface area (Å²) in [6, 6.07) is 7.26. The molecule has 0 saturated carbocycles. The molecule has 0 aliphatic heterocycles. The molecule has 0 unspecified atom stereocenters. The molecular weight excluding hydrogens is 178 g/mol. The zero-order valence-electron chi connectivity index (χ0n) is 6.76. The van der Waals surface area contributed by atoms with Gasteiger partial charge in [0.1, 0.15) is 0 Å². The van der Waals surface area contributed by atoms with E-state index in [2.05, 4.69) is 0 Å². The highest BCUT2D eigenvalue weighted by molar-refractivity contribution is 7.99. The maximum absolute atomic E-state index is 11.9. The first-order chi connectivity index (χ1) is 5.72. The van der Waals surface area contributed by atoms with Crippen molar-refractivity contribution < 1.29 is 8.78 Å². The number of alkyl halides is 2. The molecule has 0 nitrogen and oxygen atoms in total. The van der Waals surface area contributed by atoms with Crippen LogP contribution in [0, 0.1) is 0 Å². The summed E-state index contributed by atoms with van der Waals surface area (Å²) in [5.74, 6) is -2.32. The average Bonchev–Trinajstić information content (AvgIpc) is 2.03. The Hall–Kier alpha value is -0.570. The molecule has 0 fully saturated rings. The van der Waals surface area contributed by atoms with Gasteiger partial charge in [0.25, 0.3) is 5.76 Å². The van der Waals surface area contributed by atoms with Crippen molar-refractivity contribution in [1.82, 2.24) is 0 Å². The maximum atomic E-state index is 11.9. The van der Waals surface area contributed by atoms with Crippen molar-refractivity contribution in [2.75, 3.05) is 0 Å². The number of hydrogen-bond acceptors (Lipinski definition) is 1. The van der Waals surface area contributed by atoms with Crippen LogP contribution in [0.25, 0.3) is 0 Å². The van der Waals surface area contributed by atoms with Crippen LogP contribution in [0.4, 0.5) is 8.78 Å². The minimum absolute atomic E-state index is 0.595. The normalized spacial score (nSPS) is 10.7. The van der Waals surface area contributed by atoms with Gasteiger partial charge in [0, 0.05) is 4.90 Å². The van der Waals surface area contributed by atoms with Crippen molar-refractivity contribution in [1.29, 1.82) is 0 Å². The van der Waals surface area contributed by atoms with Crippen molar-refractivity contribution in [3.63, 3.8) is 0 Å². The minimum atomic E-state index is -2.32. The predicted molar refractivity (Wildman–Crippen MR) is 47.7 cm³/mol. The zero-order chi connectivity index (χ0) is 8.97. The van der Waals surface area contributed by atoms with Gasteiger partial charge in [-0.3, -0.25) is 0 Å². The second-order valence-corrected chi connectivity index (χ2v) is 3.44. The van der Waals surface area contributed by atoms with Crippen LogP contribution < -0.4 is 0 Å². The Morgan fingerprint density at radius 3 is 2.75 bits per heavy atom. The molecule has 0 atom stereocenters. The molecule has 0 aliphatic rings. The highest BCUT2D eigenvalue weighted by Gasteiger charge is 2.04. The first-order valence-corrected chi connectivity index (χ1v) is 4.64. The molecule has 1 rings (SSSR count). The molecule has 1 aromatic carbocycles. The number of halogens is 2. The summed E-state index contributed by atoms with van der Waals surface area (Å²) < 4.78 is 23.8. The fraction of sp³-hybridized carbons (Fsp3) is 0.333. The lowest BCUT2D eigenvalue weighted by Gasteiger charge is -2.01. The lowest BCUT2D eigenvalue weighted by atomic mass is 10.2. The molecule has 0 aromatic heterocycles. The summed E-state index contributed by atoms with van der Waals surface area (Å²) in [5, 5.41) is 0. The molecule has 3 heteroatoms. The Bertz CT molecular complexity index is 248. The molecule has 1 aromatic rings. The molecule has 0 amide bonds. The smallest absolute Gasteiger partial charge is 0.198 e. The van der Waals surface area contributed by atoms with Gasteiger partial charge in [0.05, 0.1) is 0 Å². The van der Waals surface area contributed by atoms with Crippen molar-refractivity contribution in [2.45, 2.75) is 24.0 Å². The van der Waals surface area contributed by atoms with E-state index in [4.69, 9.17) is 0 Å². The van der Waals surface area contributed by atoms with E-state index in [-0.39, 0.29) is 0 Å². The van der Waals surface area contributed by atoms with Crippen LogP contribution >= 0.6 is 11.8 Å². The second kappa shape index (κ2) is 4.45. The molecule has 0 bridgehead atoms. The minimum Gasteiger partial charge on any atom is -0.198 e. The Labute approximate surface area is 75.0 Å². The Morgan fingerprint density at radius 2 is 2.17 bits per heavy atom. The highest BCUT2D eigenvalue weighted by atomic mass is 32.2. The lowest BCUT2D eigenvalue weighted by Crippen LogP contribution is -1.84. The third kappa shape index (κ3) is 2.81. The van der Waals surface area contributed by atoms with E-state index >= 15 is 0 Å². The molecule has 0 heterocycles. The Kier molecular flexibility index (Phi) is 3.53.